The normalized spacial score (nSPS) is 20.4. The van der Waals surface area contributed by atoms with Gasteiger partial charge in [-0.3, -0.25) is 4.72 Å². The van der Waals surface area contributed by atoms with Crippen LogP contribution < -0.4 is 9.46 Å². The smallest absolute Gasteiger partial charge is 0.410 e. The molecule has 5 rings (SSSR count). The van der Waals surface area contributed by atoms with E-state index in [0.717, 1.165) is 24.1 Å². The molecule has 39 heavy (non-hydrogen) atoms. The molecule has 2 atom stereocenters. The number of halogens is 1. The van der Waals surface area contributed by atoms with Crippen molar-refractivity contribution >= 4 is 33.8 Å². The zero-order valence-corrected chi connectivity index (χ0v) is 23.0. The number of methoxy groups -OCH3 is 1. The molecule has 0 bridgehead atoms. The van der Waals surface area contributed by atoms with Crippen molar-refractivity contribution in [3.05, 3.63) is 58.9 Å². The van der Waals surface area contributed by atoms with E-state index in [2.05, 4.69) is 4.72 Å². The van der Waals surface area contributed by atoms with Crippen LogP contribution in [0.25, 0.3) is 6.08 Å². The van der Waals surface area contributed by atoms with Gasteiger partial charge in [0.15, 0.2) is 0 Å². The van der Waals surface area contributed by atoms with E-state index in [1.807, 2.05) is 0 Å². The van der Waals surface area contributed by atoms with E-state index in [-0.39, 0.29) is 33.5 Å². The van der Waals surface area contributed by atoms with Gasteiger partial charge in [-0.05, 0) is 68.5 Å². The number of hydrogen-bond acceptors (Lipinski definition) is 7. The second-order valence-corrected chi connectivity index (χ2v) is 12.8. The quantitative estimate of drug-likeness (QED) is 0.508. The van der Waals surface area contributed by atoms with Gasteiger partial charge in [0.1, 0.15) is 22.7 Å². The predicted molar refractivity (Wildman–Crippen MR) is 142 cm³/mol. The number of rotatable bonds is 6. The van der Waals surface area contributed by atoms with Crippen LogP contribution in [0.15, 0.2) is 41.3 Å². The molecule has 9 nitrogen and oxygen atoms in total. The second-order valence-electron chi connectivity index (χ2n) is 11.1. The summed E-state index contributed by atoms with van der Waals surface area (Å²) in [6.07, 6.45) is 3.81. The number of benzene rings is 2. The molecular formula is C28H31FN2O7S. The van der Waals surface area contributed by atoms with Crippen molar-refractivity contribution in [2.45, 2.75) is 43.6 Å². The first-order chi connectivity index (χ1) is 18.4. The van der Waals surface area contributed by atoms with Crippen LogP contribution in [0.1, 0.15) is 54.6 Å². The Balaban J connectivity index is 1.38. The van der Waals surface area contributed by atoms with Crippen molar-refractivity contribution in [1.82, 2.24) is 4.90 Å². The van der Waals surface area contributed by atoms with Crippen LogP contribution in [-0.4, -0.2) is 57.8 Å². The molecule has 2 aromatic carbocycles. The molecule has 2 aliphatic heterocycles. The summed E-state index contributed by atoms with van der Waals surface area (Å²) >= 11 is 0. The number of nitrogens with zero attached hydrogens (tertiary/aromatic N) is 1. The Morgan fingerprint density at radius 1 is 1.18 bits per heavy atom. The Hall–Kier alpha value is -3.60. The fourth-order valence-corrected chi connectivity index (χ4v) is 6.14. The van der Waals surface area contributed by atoms with Gasteiger partial charge in [-0.15, -0.1) is 0 Å². The maximum Gasteiger partial charge on any atom is 0.410 e. The number of likely N-dealkylation sites (tertiary alicyclic amines) is 1. The summed E-state index contributed by atoms with van der Waals surface area (Å²) in [4.78, 5) is 26.2. The first kappa shape index (κ1) is 27.0. The van der Waals surface area contributed by atoms with Gasteiger partial charge in [-0.1, -0.05) is 18.2 Å². The largest absolute Gasteiger partial charge is 0.492 e. The summed E-state index contributed by atoms with van der Waals surface area (Å²) in [7, 11) is -3.03. The Morgan fingerprint density at radius 3 is 2.62 bits per heavy atom. The predicted octanol–water partition coefficient (Wildman–Crippen LogP) is 4.79. The monoisotopic (exact) mass is 558 g/mol. The number of amides is 1. The molecule has 1 saturated carbocycles. The lowest BCUT2D eigenvalue weighted by Gasteiger charge is -2.38. The number of hydrogen-bond donors (Lipinski definition) is 1. The molecule has 0 aromatic heterocycles. The molecule has 11 heteroatoms. The zero-order chi connectivity index (χ0) is 28.1. The molecule has 1 amide bonds. The van der Waals surface area contributed by atoms with Crippen LogP contribution in [0.4, 0.5) is 14.9 Å². The number of ether oxygens (including phenoxy) is 3. The van der Waals surface area contributed by atoms with Gasteiger partial charge in [0.25, 0.3) is 10.0 Å². The minimum absolute atomic E-state index is 0.0137. The number of fused-ring (bicyclic) bond motifs is 3. The number of esters is 1. The first-order valence-electron chi connectivity index (χ1n) is 12.7. The first-order valence-corrected chi connectivity index (χ1v) is 14.2. The van der Waals surface area contributed by atoms with Crippen molar-refractivity contribution in [3.63, 3.8) is 0 Å². The van der Waals surface area contributed by atoms with Gasteiger partial charge in [0.05, 0.1) is 24.3 Å². The lowest BCUT2D eigenvalue weighted by Crippen LogP contribution is -2.50. The van der Waals surface area contributed by atoms with Gasteiger partial charge in [0, 0.05) is 24.9 Å². The molecule has 2 unspecified atom stereocenters. The van der Waals surface area contributed by atoms with Gasteiger partial charge in [-0.25, -0.2) is 22.4 Å². The minimum Gasteiger partial charge on any atom is -0.492 e. The maximum atomic E-state index is 14.2. The molecule has 1 saturated heterocycles. The van der Waals surface area contributed by atoms with E-state index in [9.17, 15) is 22.4 Å². The number of sulfonamides is 1. The Bertz CT molecular complexity index is 1460. The highest BCUT2D eigenvalue weighted by molar-refractivity contribution is 7.92. The average molecular weight is 559 g/mol. The molecule has 208 valence electrons. The third-order valence-electron chi connectivity index (χ3n) is 6.96. The SMILES string of the molecule is COC(=O)c1c(NS(=O)(=O)c2ccc(F)cc2/C=C\C2CN(C(=O)OC(C)(C)C)C2)ccc2c1OCC1CC21. The Morgan fingerprint density at radius 2 is 1.92 bits per heavy atom. The third kappa shape index (κ3) is 5.59. The topological polar surface area (TPSA) is 111 Å². The number of anilines is 1. The Labute approximate surface area is 227 Å². The molecule has 3 aliphatic rings. The average Bonchev–Trinajstić information content (AvgIpc) is 3.61. The molecule has 1 N–H and O–H groups in total. The van der Waals surface area contributed by atoms with Crippen molar-refractivity contribution < 1.29 is 36.6 Å². The highest BCUT2D eigenvalue weighted by Crippen LogP contribution is 2.55. The van der Waals surface area contributed by atoms with Gasteiger partial charge in [0.2, 0.25) is 0 Å². The zero-order valence-electron chi connectivity index (χ0n) is 22.2. The third-order valence-corrected chi connectivity index (χ3v) is 8.40. The summed E-state index contributed by atoms with van der Waals surface area (Å²) in [5.41, 5.74) is 0.424. The molecular weight excluding hydrogens is 527 g/mol. The number of nitrogens with one attached hydrogen (secondary N) is 1. The number of carbonyl (C=O) groups is 2. The fourth-order valence-electron chi connectivity index (χ4n) is 4.88. The summed E-state index contributed by atoms with van der Waals surface area (Å²) in [6.45, 7) is 6.62. The maximum absolute atomic E-state index is 14.2. The van der Waals surface area contributed by atoms with Crippen LogP contribution >= 0.6 is 0 Å². The molecule has 0 spiro atoms. The second kappa shape index (κ2) is 9.86. The highest BCUT2D eigenvalue weighted by Gasteiger charge is 2.45. The highest BCUT2D eigenvalue weighted by atomic mass is 32.2. The number of carbonyl (C=O) groups excluding carboxylic acids is 2. The van der Waals surface area contributed by atoms with Crippen LogP contribution in [0.5, 0.6) is 5.75 Å². The Kier molecular flexibility index (Phi) is 6.82. The molecule has 2 aromatic rings. The standard InChI is InChI=1S/C28H31FN2O7S/c1-28(2,3)38-27(33)31-13-16(14-31)5-6-17-11-19(29)7-10-23(17)39(34,35)30-22-9-8-20-21-12-18(21)15-37-25(20)24(22)26(32)36-4/h5-11,16,18,21,30H,12-15H2,1-4H3/b6-5-. The van der Waals surface area contributed by atoms with Crippen molar-refractivity contribution in [2.75, 3.05) is 31.5 Å². The van der Waals surface area contributed by atoms with Gasteiger partial charge in [-0.2, -0.15) is 0 Å². The van der Waals surface area contributed by atoms with E-state index >= 15 is 0 Å². The summed E-state index contributed by atoms with van der Waals surface area (Å²) in [5.74, 6) is -0.337. The van der Waals surface area contributed by atoms with Crippen molar-refractivity contribution in [3.8, 4) is 5.75 Å². The van der Waals surface area contributed by atoms with E-state index in [0.29, 0.717) is 31.4 Å². The lowest BCUT2D eigenvalue weighted by molar-refractivity contribution is 0.00498. The van der Waals surface area contributed by atoms with Gasteiger partial charge < -0.3 is 19.1 Å². The van der Waals surface area contributed by atoms with Crippen molar-refractivity contribution in [1.29, 1.82) is 0 Å². The minimum atomic E-state index is -4.25. The van der Waals surface area contributed by atoms with E-state index in [4.69, 9.17) is 14.2 Å². The van der Waals surface area contributed by atoms with Crippen LogP contribution in [0.3, 0.4) is 0 Å². The van der Waals surface area contributed by atoms with Crippen LogP contribution in [0, 0.1) is 17.7 Å². The van der Waals surface area contributed by atoms with Crippen molar-refractivity contribution in [2.24, 2.45) is 11.8 Å². The van der Waals surface area contributed by atoms with Crippen LogP contribution in [0.2, 0.25) is 0 Å². The molecule has 2 heterocycles. The molecule has 0 radical (unpaired) electrons. The summed E-state index contributed by atoms with van der Waals surface area (Å²) in [5, 5.41) is 0. The van der Waals surface area contributed by atoms with Crippen LogP contribution in [-0.2, 0) is 19.5 Å². The van der Waals surface area contributed by atoms with E-state index < -0.39 is 33.5 Å². The van der Waals surface area contributed by atoms with E-state index in [1.54, 1.807) is 37.8 Å². The summed E-state index contributed by atoms with van der Waals surface area (Å²) < 4.78 is 59.8. The van der Waals surface area contributed by atoms with Gasteiger partial charge >= 0.3 is 12.1 Å². The fraction of sp³-hybridized carbons (Fsp3) is 0.429. The molecule has 1 aliphatic carbocycles. The lowest BCUT2D eigenvalue weighted by atomic mass is 9.99. The van der Waals surface area contributed by atoms with E-state index in [1.165, 1.54) is 25.3 Å². The summed E-state index contributed by atoms with van der Waals surface area (Å²) in [6, 6.07) is 6.66. The molecule has 2 fully saturated rings.